The SMILES string of the molecule is Cc1cc(C)n(C[C@H](C)CNC(=O)c2ccc(F)cc2F)n1. The smallest absolute Gasteiger partial charge is 0.254 e. The molecule has 1 atom stereocenters. The normalized spacial score (nSPS) is 12.2. The fraction of sp³-hybridized carbons (Fsp3) is 0.375. The van der Waals surface area contributed by atoms with E-state index < -0.39 is 17.5 Å². The molecular formula is C16H19F2N3O. The van der Waals surface area contributed by atoms with Gasteiger partial charge in [0.15, 0.2) is 0 Å². The summed E-state index contributed by atoms with van der Waals surface area (Å²) in [5.41, 5.74) is 1.85. The van der Waals surface area contributed by atoms with E-state index in [0.717, 1.165) is 23.5 Å². The van der Waals surface area contributed by atoms with Crippen molar-refractivity contribution in [1.29, 1.82) is 0 Å². The number of nitrogens with zero attached hydrogens (tertiary/aromatic N) is 2. The average Bonchev–Trinajstić information content (AvgIpc) is 2.74. The van der Waals surface area contributed by atoms with Crippen molar-refractivity contribution in [1.82, 2.24) is 15.1 Å². The van der Waals surface area contributed by atoms with Crippen LogP contribution in [0.25, 0.3) is 0 Å². The maximum Gasteiger partial charge on any atom is 0.254 e. The molecule has 1 amide bonds. The third-order valence-corrected chi connectivity index (χ3v) is 3.37. The van der Waals surface area contributed by atoms with Crippen molar-refractivity contribution >= 4 is 5.91 Å². The monoisotopic (exact) mass is 307 g/mol. The van der Waals surface area contributed by atoms with E-state index in [0.29, 0.717) is 19.2 Å². The number of nitrogens with one attached hydrogen (secondary N) is 1. The number of aryl methyl sites for hydroxylation is 2. The van der Waals surface area contributed by atoms with Crippen molar-refractivity contribution in [2.75, 3.05) is 6.54 Å². The lowest BCUT2D eigenvalue weighted by atomic mass is 10.1. The van der Waals surface area contributed by atoms with E-state index in [1.54, 1.807) is 0 Å². The van der Waals surface area contributed by atoms with E-state index in [1.165, 1.54) is 0 Å². The van der Waals surface area contributed by atoms with Gasteiger partial charge in [0, 0.05) is 24.8 Å². The molecule has 22 heavy (non-hydrogen) atoms. The second-order valence-corrected chi connectivity index (χ2v) is 5.55. The van der Waals surface area contributed by atoms with Crippen LogP contribution in [0.1, 0.15) is 28.7 Å². The molecule has 0 unspecified atom stereocenters. The molecular weight excluding hydrogens is 288 g/mol. The lowest BCUT2D eigenvalue weighted by molar-refractivity contribution is 0.0942. The van der Waals surface area contributed by atoms with Crippen molar-refractivity contribution in [2.45, 2.75) is 27.3 Å². The predicted molar refractivity (Wildman–Crippen MR) is 79.6 cm³/mol. The van der Waals surface area contributed by atoms with Crippen LogP contribution in [0.5, 0.6) is 0 Å². The highest BCUT2D eigenvalue weighted by atomic mass is 19.1. The van der Waals surface area contributed by atoms with Crippen LogP contribution in [-0.2, 0) is 6.54 Å². The lowest BCUT2D eigenvalue weighted by Crippen LogP contribution is -2.31. The Morgan fingerprint density at radius 1 is 1.32 bits per heavy atom. The largest absolute Gasteiger partial charge is 0.352 e. The number of rotatable bonds is 5. The molecule has 2 aromatic rings. The zero-order chi connectivity index (χ0) is 16.3. The van der Waals surface area contributed by atoms with Crippen molar-refractivity contribution in [3.05, 3.63) is 52.9 Å². The summed E-state index contributed by atoms with van der Waals surface area (Å²) in [6.07, 6.45) is 0. The van der Waals surface area contributed by atoms with Crippen LogP contribution in [0.2, 0.25) is 0 Å². The quantitative estimate of drug-likeness (QED) is 0.923. The molecule has 1 aromatic carbocycles. The van der Waals surface area contributed by atoms with E-state index in [1.807, 2.05) is 31.5 Å². The van der Waals surface area contributed by atoms with Gasteiger partial charge in [-0.3, -0.25) is 9.48 Å². The highest BCUT2D eigenvalue weighted by Crippen LogP contribution is 2.10. The molecule has 0 aliphatic carbocycles. The Hall–Kier alpha value is -2.24. The number of benzene rings is 1. The van der Waals surface area contributed by atoms with Gasteiger partial charge in [0.05, 0.1) is 11.3 Å². The number of halogens is 2. The molecule has 4 nitrogen and oxygen atoms in total. The molecule has 6 heteroatoms. The van der Waals surface area contributed by atoms with E-state index in [-0.39, 0.29) is 11.5 Å². The molecule has 0 radical (unpaired) electrons. The summed E-state index contributed by atoms with van der Waals surface area (Å²) < 4.78 is 28.2. The first-order valence-electron chi connectivity index (χ1n) is 7.11. The van der Waals surface area contributed by atoms with Crippen LogP contribution in [0.15, 0.2) is 24.3 Å². The average molecular weight is 307 g/mol. The Labute approximate surface area is 128 Å². The van der Waals surface area contributed by atoms with Gasteiger partial charge in [0.2, 0.25) is 0 Å². The molecule has 0 aliphatic heterocycles. The van der Waals surface area contributed by atoms with Crippen LogP contribution >= 0.6 is 0 Å². The zero-order valence-electron chi connectivity index (χ0n) is 12.9. The molecule has 0 saturated carbocycles. The first kappa shape index (κ1) is 16.1. The fourth-order valence-corrected chi connectivity index (χ4v) is 2.26. The Balaban J connectivity index is 1.91. The van der Waals surface area contributed by atoms with Gasteiger partial charge in [-0.05, 0) is 38.0 Å². The summed E-state index contributed by atoms with van der Waals surface area (Å²) in [5, 5.41) is 7.02. The first-order chi connectivity index (χ1) is 10.4. The Kier molecular flexibility index (Phi) is 4.90. The zero-order valence-corrected chi connectivity index (χ0v) is 12.9. The number of carbonyl (C=O) groups excluding carboxylic acids is 1. The van der Waals surface area contributed by atoms with Gasteiger partial charge in [-0.1, -0.05) is 6.92 Å². The molecule has 0 saturated heterocycles. The van der Waals surface area contributed by atoms with E-state index in [9.17, 15) is 13.6 Å². The highest BCUT2D eigenvalue weighted by Gasteiger charge is 2.14. The topological polar surface area (TPSA) is 46.9 Å². The van der Waals surface area contributed by atoms with Gasteiger partial charge < -0.3 is 5.32 Å². The van der Waals surface area contributed by atoms with Crippen LogP contribution < -0.4 is 5.32 Å². The lowest BCUT2D eigenvalue weighted by Gasteiger charge is -2.14. The molecule has 1 N–H and O–H groups in total. The van der Waals surface area contributed by atoms with Crippen molar-refractivity contribution in [3.8, 4) is 0 Å². The molecule has 2 rings (SSSR count). The van der Waals surface area contributed by atoms with Crippen LogP contribution in [0.4, 0.5) is 8.78 Å². The Morgan fingerprint density at radius 2 is 2.05 bits per heavy atom. The van der Waals surface area contributed by atoms with E-state index in [4.69, 9.17) is 0 Å². The maximum atomic E-state index is 13.5. The summed E-state index contributed by atoms with van der Waals surface area (Å²) in [5.74, 6) is -1.97. The number of carbonyl (C=O) groups is 1. The summed E-state index contributed by atoms with van der Waals surface area (Å²) in [4.78, 5) is 11.9. The van der Waals surface area contributed by atoms with Crippen molar-refractivity contribution in [2.24, 2.45) is 5.92 Å². The molecule has 0 bridgehead atoms. The van der Waals surface area contributed by atoms with Crippen molar-refractivity contribution in [3.63, 3.8) is 0 Å². The number of amides is 1. The van der Waals surface area contributed by atoms with Crippen LogP contribution in [0.3, 0.4) is 0 Å². The van der Waals surface area contributed by atoms with Gasteiger partial charge >= 0.3 is 0 Å². The Morgan fingerprint density at radius 3 is 2.64 bits per heavy atom. The summed E-state index contributed by atoms with van der Waals surface area (Å²) in [6, 6.07) is 4.90. The van der Waals surface area contributed by atoms with Gasteiger partial charge in [0.1, 0.15) is 11.6 Å². The molecule has 118 valence electrons. The Bertz CT molecular complexity index is 682. The standard InChI is InChI=1S/C16H19F2N3O/c1-10(9-21-12(3)6-11(2)20-21)8-19-16(22)14-5-4-13(17)7-15(14)18/h4-7,10H,8-9H2,1-3H3,(H,19,22)/t10-/m1/s1. The van der Waals surface area contributed by atoms with Crippen LogP contribution in [0, 0.1) is 31.4 Å². The van der Waals surface area contributed by atoms with Gasteiger partial charge in [-0.15, -0.1) is 0 Å². The molecule has 0 aliphatic rings. The third kappa shape index (κ3) is 3.90. The predicted octanol–water partition coefficient (Wildman–Crippen LogP) is 2.84. The second-order valence-electron chi connectivity index (χ2n) is 5.55. The highest BCUT2D eigenvalue weighted by molar-refractivity contribution is 5.94. The number of hydrogen-bond donors (Lipinski definition) is 1. The molecule has 0 fully saturated rings. The minimum atomic E-state index is -0.858. The van der Waals surface area contributed by atoms with Gasteiger partial charge in [-0.2, -0.15) is 5.10 Å². The summed E-state index contributed by atoms with van der Waals surface area (Å²) in [7, 11) is 0. The van der Waals surface area contributed by atoms with Crippen LogP contribution in [-0.4, -0.2) is 22.2 Å². The summed E-state index contributed by atoms with van der Waals surface area (Å²) in [6.45, 7) is 6.91. The first-order valence-corrected chi connectivity index (χ1v) is 7.11. The van der Waals surface area contributed by atoms with Gasteiger partial charge in [-0.25, -0.2) is 8.78 Å². The molecule has 0 spiro atoms. The molecule has 1 heterocycles. The summed E-state index contributed by atoms with van der Waals surface area (Å²) >= 11 is 0. The fourth-order valence-electron chi connectivity index (χ4n) is 2.26. The van der Waals surface area contributed by atoms with E-state index >= 15 is 0 Å². The minimum Gasteiger partial charge on any atom is -0.352 e. The maximum absolute atomic E-state index is 13.5. The minimum absolute atomic E-state index is 0.130. The van der Waals surface area contributed by atoms with Gasteiger partial charge in [0.25, 0.3) is 5.91 Å². The van der Waals surface area contributed by atoms with Crippen molar-refractivity contribution < 1.29 is 13.6 Å². The number of aromatic nitrogens is 2. The van der Waals surface area contributed by atoms with E-state index in [2.05, 4.69) is 10.4 Å². The second kappa shape index (κ2) is 6.68. The molecule has 1 aromatic heterocycles. The number of hydrogen-bond acceptors (Lipinski definition) is 2. The third-order valence-electron chi connectivity index (χ3n) is 3.37.